The van der Waals surface area contributed by atoms with E-state index in [2.05, 4.69) is 0 Å². The molecule has 1 aliphatic carbocycles. The Labute approximate surface area is 97.8 Å². The number of alkyl halides is 2. The summed E-state index contributed by atoms with van der Waals surface area (Å²) in [6, 6.07) is -0.0909. The number of rotatable bonds is 0. The van der Waals surface area contributed by atoms with Gasteiger partial charge in [0.25, 0.3) is 0 Å². The largest absolute Gasteiger partial charge is 0.465 e. The molecule has 6 heteroatoms. The minimum absolute atomic E-state index is 0.0909. The summed E-state index contributed by atoms with van der Waals surface area (Å²) in [5, 5.41) is 18.4. The molecule has 1 saturated carbocycles. The summed E-state index contributed by atoms with van der Waals surface area (Å²) >= 11 is 12.1. The van der Waals surface area contributed by atoms with Crippen molar-refractivity contribution < 1.29 is 15.0 Å². The Morgan fingerprint density at radius 2 is 2.07 bits per heavy atom. The second-order valence-electron chi connectivity index (χ2n) is 4.59. The zero-order chi connectivity index (χ0) is 11.4. The van der Waals surface area contributed by atoms with Crippen molar-refractivity contribution in [1.82, 2.24) is 4.90 Å². The molecule has 1 amide bonds. The van der Waals surface area contributed by atoms with Crippen LogP contribution in [0.15, 0.2) is 0 Å². The number of amides is 1. The number of carboxylic acid groups (broad SMARTS) is 1. The molecule has 1 aliphatic heterocycles. The summed E-state index contributed by atoms with van der Waals surface area (Å²) < 4.78 is -1.20. The highest BCUT2D eigenvalue weighted by Crippen LogP contribution is 2.62. The van der Waals surface area contributed by atoms with Crippen LogP contribution in [0.25, 0.3) is 0 Å². The molecule has 2 aliphatic rings. The Morgan fingerprint density at radius 3 is 2.40 bits per heavy atom. The lowest BCUT2D eigenvalue weighted by Gasteiger charge is -2.53. The fraction of sp³-hybridized carbons (Fsp3) is 0.889. The molecule has 1 heterocycles. The number of carbonyl (C=O) groups is 1. The predicted molar refractivity (Wildman–Crippen MR) is 56.3 cm³/mol. The van der Waals surface area contributed by atoms with Crippen molar-refractivity contribution in [3.05, 3.63) is 0 Å². The Balaban J connectivity index is 2.19. The first-order valence-corrected chi connectivity index (χ1v) is 5.61. The van der Waals surface area contributed by atoms with Gasteiger partial charge in [0.2, 0.25) is 0 Å². The van der Waals surface area contributed by atoms with Crippen molar-refractivity contribution in [2.24, 2.45) is 5.41 Å². The SMILES string of the molecule is CC1CC2(CC(O)C2(Cl)Cl)CN1C(=O)O. The van der Waals surface area contributed by atoms with Crippen molar-refractivity contribution in [3.63, 3.8) is 0 Å². The first-order chi connectivity index (χ1) is 6.80. The molecule has 2 rings (SSSR count). The van der Waals surface area contributed by atoms with E-state index in [4.69, 9.17) is 28.3 Å². The quantitative estimate of drug-likeness (QED) is 0.646. The Hall–Kier alpha value is -0.190. The van der Waals surface area contributed by atoms with E-state index < -0.39 is 21.9 Å². The second-order valence-corrected chi connectivity index (χ2v) is 5.97. The molecule has 86 valence electrons. The van der Waals surface area contributed by atoms with Gasteiger partial charge in [-0.3, -0.25) is 0 Å². The van der Waals surface area contributed by atoms with Gasteiger partial charge in [-0.05, 0) is 19.8 Å². The van der Waals surface area contributed by atoms with Crippen molar-refractivity contribution in [1.29, 1.82) is 0 Å². The van der Waals surface area contributed by atoms with Gasteiger partial charge in [0, 0.05) is 18.0 Å². The van der Waals surface area contributed by atoms with Crippen LogP contribution in [0.5, 0.6) is 0 Å². The zero-order valence-electron chi connectivity index (χ0n) is 8.28. The third-order valence-corrected chi connectivity index (χ3v) is 4.95. The molecular formula is C9H13Cl2NO3. The van der Waals surface area contributed by atoms with Crippen LogP contribution >= 0.6 is 23.2 Å². The maximum Gasteiger partial charge on any atom is 0.407 e. The van der Waals surface area contributed by atoms with Crippen molar-refractivity contribution in [2.45, 2.75) is 36.2 Å². The summed E-state index contributed by atoms with van der Waals surface area (Å²) in [7, 11) is 0. The molecule has 2 fully saturated rings. The number of likely N-dealkylation sites (tertiary alicyclic amines) is 1. The maximum absolute atomic E-state index is 10.9. The lowest BCUT2D eigenvalue weighted by molar-refractivity contribution is -0.0387. The summed E-state index contributed by atoms with van der Waals surface area (Å²) in [6.45, 7) is 2.14. The lowest BCUT2D eigenvalue weighted by Crippen LogP contribution is -2.61. The van der Waals surface area contributed by atoms with Crippen molar-refractivity contribution >= 4 is 29.3 Å². The third-order valence-electron chi connectivity index (χ3n) is 3.65. The molecule has 0 aromatic heterocycles. The molecular weight excluding hydrogens is 241 g/mol. The first-order valence-electron chi connectivity index (χ1n) is 4.86. The average molecular weight is 254 g/mol. The van der Waals surface area contributed by atoms with Gasteiger partial charge in [0.05, 0.1) is 6.10 Å². The molecule has 0 radical (unpaired) electrons. The van der Waals surface area contributed by atoms with E-state index >= 15 is 0 Å². The number of halogens is 2. The molecule has 0 aromatic carbocycles. The molecule has 4 nitrogen and oxygen atoms in total. The van der Waals surface area contributed by atoms with Crippen LogP contribution in [0.2, 0.25) is 0 Å². The molecule has 1 spiro atoms. The summed E-state index contributed by atoms with van der Waals surface area (Å²) in [4.78, 5) is 12.2. The van der Waals surface area contributed by atoms with Crippen LogP contribution in [0.3, 0.4) is 0 Å². The van der Waals surface area contributed by atoms with Crippen LogP contribution in [0.4, 0.5) is 4.79 Å². The summed E-state index contributed by atoms with van der Waals surface area (Å²) in [5.74, 6) is 0. The average Bonchev–Trinajstić information content (AvgIpc) is 2.46. The molecule has 0 bridgehead atoms. The monoisotopic (exact) mass is 253 g/mol. The van der Waals surface area contributed by atoms with Crippen LogP contribution in [-0.2, 0) is 0 Å². The van der Waals surface area contributed by atoms with Gasteiger partial charge in [0.1, 0.15) is 0 Å². The van der Waals surface area contributed by atoms with Gasteiger partial charge in [-0.15, -0.1) is 0 Å². The second kappa shape index (κ2) is 3.15. The van der Waals surface area contributed by atoms with Gasteiger partial charge in [-0.2, -0.15) is 0 Å². The van der Waals surface area contributed by atoms with Crippen LogP contribution in [-0.4, -0.2) is 44.2 Å². The molecule has 1 saturated heterocycles. The normalized spacial score (nSPS) is 43.1. The highest BCUT2D eigenvalue weighted by atomic mass is 35.5. The van der Waals surface area contributed by atoms with Crippen LogP contribution < -0.4 is 0 Å². The third kappa shape index (κ3) is 1.35. The van der Waals surface area contributed by atoms with Gasteiger partial charge < -0.3 is 15.1 Å². The smallest absolute Gasteiger partial charge is 0.407 e. The van der Waals surface area contributed by atoms with E-state index in [9.17, 15) is 9.90 Å². The number of aliphatic hydroxyl groups is 1. The van der Waals surface area contributed by atoms with E-state index in [-0.39, 0.29) is 6.04 Å². The fourth-order valence-corrected chi connectivity index (χ4v) is 3.31. The van der Waals surface area contributed by atoms with Gasteiger partial charge in [0.15, 0.2) is 4.33 Å². The van der Waals surface area contributed by atoms with E-state index in [1.54, 1.807) is 0 Å². The Morgan fingerprint density at radius 1 is 1.47 bits per heavy atom. The number of hydrogen-bond acceptors (Lipinski definition) is 2. The van der Waals surface area contributed by atoms with Gasteiger partial charge in [-0.1, -0.05) is 23.2 Å². The van der Waals surface area contributed by atoms with Crippen LogP contribution in [0.1, 0.15) is 19.8 Å². The zero-order valence-corrected chi connectivity index (χ0v) is 9.79. The van der Waals surface area contributed by atoms with Gasteiger partial charge >= 0.3 is 6.09 Å². The number of aliphatic hydroxyl groups excluding tert-OH is 1. The first kappa shape index (κ1) is 11.3. The van der Waals surface area contributed by atoms with Gasteiger partial charge in [-0.25, -0.2) is 4.79 Å². The standard InChI is InChI=1S/C9H13Cl2NO3/c1-5-2-8(4-12(5)7(14)15)3-6(13)9(8,10)11/h5-6,13H,2-4H2,1H3,(H,14,15). The Bertz CT molecular complexity index is 310. The van der Waals surface area contributed by atoms with E-state index in [0.29, 0.717) is 19.4 Å². The summed E-state index contributed by atoms with van der Waals surface area (Å²) in [6.07, 6.45) is -0.607. The maximum atomic E-state index is 10.9. The minimum Gasteiger partial charge on any atom is -0.465 e. The Kier molecular flexibility index (Phi) is 2.38. The highest BCUT2D eigenvalue weighted by Gasteiger charge is 2.67. The predicted octanol–water partition coefficient (Wildman–Crippen LogP) is 1.68. The van der Waals surface area contributed by atoms with Crippen LogP contribution in [0, 0.1) is 5.41 Å². The van der Waals surface area contributed by atoms with E-state index in [1.807, 2.05) is 6.92 Å². The molecule has 3 atom stereocenters. The van der Waals surface area contributed by atoms with E-state index in [0.717, 1.165) is 0 Å². The van der Waals surface area contributed by atoms with Crippen molar-refractivity contribution in [3.8, 4) is 0 Å². The highest BCUT2D eigenvalue weighted by molar-refractivity contribution is 6.50. The molecule has 15 heavy (non-hydrogen) atoms. The summed E-state index contributed by atoms with van der Waals surface area (Å²) in [5.41, 5.74) is -0.465. The number of hydrogen-bond donors (Lipinski definition) is 2. The molecule has 0 aromatic rings. The topological polar surface area (TPSA) is 60.8 Å². The fourth-order valence-electron chi connectivity index (χ4n) is 2.72. The molecule has 3 unspecified atom stereocenters. The van der Waals surface area contributed by atoms with Crippen molar-refractivity contribution in [2.75, 3.05) is 6.54 Å². The molecule has 2 N–H and O–H groups in total. The number of nitrogens with zero attached hydrogens (tertiary/aromatic N) is 1. The lowest BCUT2D eigenvalue weighted by atomic mass is 9.64. The van der Waals surface area contributed by atoms with E-state index in [1.165, 1.54) is 4.90 Å². The minimum atomic E-state index is -1.20.